The van der Waals surface area contributed by atoms with Gasteiger partial charge in [-0.05, 0) is 32.9 Å². The summed E-state index contributed by atoms with van der Waals surface area (Å²) in [6.07, 6.45) is -2.51. The third kappa shape index (κ3) is 6.01. The maximum absolute atomic E-state index is 14.2. The molecule has 2 aromatic heterocycles. The summed E-state index contributed by atoms with van der Waals surface area (Å²) in [7, 11) is 1.45. The van der Waals surface area contributed by atoms with Gasteiger partial charge in [-0.15, -0.1) is 0 Å². The van der Waals surface area contributed by atoms with E-state index in [1.807, 2.05) is 25.7 Å². The number of imidazole rings is 1. The molecule has 0 spiro atoms. The van der Waals surface area contributed by atoms with Crippen LogP contribution in [0.5, 0.6) is 11.8 Å². The highest BCUT2D eigenvalue weighted by Gasteiger charge is 2.30. The van der Waals surface area contributed by atoms with E-state index in [1.165, 1.54) is 11.7 Å². The summed E-state index contributed by atoms with van der Waals surface area (Å²) < 4.78 is 52.1. The molecule has 0 unspecified atom stereocenters. The standard InChI is InChI=1S/C26H33F2N7O5/c1-26(2,3)40-25(36)34-10-8-16(9-11-34)39-24-31-22(33-12-14-38-15-13-33)30-23(32-24)35-17-6-5-7-18(37-4)19(17)29-21(35)20(27)28/h5-7,16,20H,8-15H2,1-4H3. The van der Waals surface area contributed by atoms with Crippen LogP contribution in [0.3, 0.4) is 0 Å². The Hall–Kier alpha value is -3.81. The van der Waals surface area contributed by atoms with Gasteiger partial charge in [0, 0.05) is 39.0 Å². The molecule has 0 N–H and O–H groups in total. The fourth-order valence-electron chi connectivity index (χ4n) is 4.64. The second kappa shape index (κ2) is 11.4. The number of rotatable bonds is 6. The minimum Gasteiger partial charge on any atom is -0.494 e. The Morgan fingerprint density at radius 2 is 1.73 bits per heavy atom. The lowest BCUT2D eigenvalue weighted by Crippen LogP contribution is -2.44. The van der Waals surface area contributed by atoms with Crippen molar-refractivity contribution in [3.05, 3.63) is 24.0 Å². The number of para-hydroxylation sites is 1. The lowest BCUT2D eigenvalue weighted by atomic mass is 10.1. The molecule has 4 heterocycles. The van der Waals surface area contributed by atoms with Crippen LogP contribution in [0.4, 0.5) is 19.5 Å². The van der Waals surface area contributed by atoms with Crippen molar-refractivity contribution >= 4 is 23.1 Å². The van der Waals surface area contributed by atoms with Gasteiger partial charge < -0.3 is 28.7 Å². The maximum atomic E-state index is 14.2. The number of piperidine rings is 1. The van der Waals surface area contributed by atoms with E-state index in [4.69, 9.17) is 18.9 Å². The van der Waals surface area contributed by atoms with Gasteiger partial charge >= 0.3 is 12.1 Å². The minimum atomic E-state index is -2.90. The number of carbonyl (C=O) groups excluding carboxylic acids is 1. The van der Waals surface area contributed by atoms with E-state index in [-0.39, 0.29) is 29.7 Å². The molecule has 0 aliphatic carbocycles. The molecule has 40 heavy (non-hydrogen) atoms. The first-order valence-corrected chi connectivity index (χ1v) is 13.2. The number of amides is 1. The van der Waals surface area contributed by atoms with Crippen LogP contribution >= 0.6 is 0 Å². The van der Waals surface area contributed by atoms with Crippen LogP contribution in [0.1, 0.15) is 45.9 Å². The summed E-state index contributed by atoms with van der Waals surface area (Å²) in [6.45, 7) is 8.36. The number of likely N-dealkylation sites (tertiary alicyclic amines) is 1. The van der Waals surface area contributed by atoms with E-state index < -0.39 is 17.9 Å². The molecule has 1 aromatic carbocycles. The molecule has 12 nitrogen and oxygen atoms in total. The fraction of sp³-hybridized carbons (Fsp3) is 0.577. The van der Waals surface area contributed by atoms with Crippen LogP contribution in [-0.4, -0.2) is 93.7 Å². The van der Waals surface area contributed by atoms with Gasteiger partial charge in [0.2, 0.25) is 11.9 Å². The number of methoxy groups -OCH3 is 1. The second-order valence-corrected chi connectivity index (χ2v) is 10.5. The molecule has 14 heteroatoms. The SMILES string of the molecule is COc1cccc2c1nc(C(F)F)n2-c1nc(OC2CCN(C(=O)OC(C)(C)C)CC2)nc(N2CCOCC2)n1. The van der Waals surface area contributed by atoms with Crippen molar-refractivity contribution in [2.75, 3.05) is 51.4 Å². The number of morpholine rings is 1. The molecule has 2 aliphatic heterocycles. The first-order chi connectivity index (χ1) is 19.1. The van der Waals surface area contributed by atoms with Crippen molar-refractivity contribution in [1.29, 1.82) is 0 Å². The number of halogens is 2. The molecular formula is C26H33F2N7O5. The van der Waals surface area contributed by atoms with Gasteiger partial charge in [-0.25, -0.2) is 18.6 Å². The number of ether oxygens (including phenoxy) is 4. The molecular weight excluding hydrogens is 528 g/mol. The lowest BCUT2D eigenvalue weighted by molar-refractivity contribution is 0.0118. The van der Waals surface area contributed by atoms with Gasteiger partial charge in [-0.1, -0.05) is 6.07 Å². The van der Waals surface area contributed by atoms with Crippen LogP contribution in [0.15, 0.2) is 18.2 Å². The highest BCUT2D eigenvalue weighted by atomic mass is 19.3. The Morgan fingerprint density at radius 3 is 2.38 bits per heavy atom. The number of carbonyl (C=O) groups is 1. The zero-order chi connectivity index (χ0) is 28.4. The van der Waals surface area contributed by atoms with E-state index in [9.17, 15) is 13.6 Å². The summed E-state index contributed by atoms with van der Waals surface area (Å²) in [6, 6.07) is 5.00. The number of benzene rings is 1. The van der Waals surface area contributed by atoms with Gasteiger partial charge in [-0.2, -0.15) is 15.0 Å². The van der Waals surface area contributed by atoms with Crippen LogP contribution in [0, 0.1) is 0 Å². The predicted molar refractivity (Wildman–Crippen MR) is 140 cm³/mol. The van der Waals surface area contributed by atoms with E-state index >= 15 is 0 Å². The molecule has 3 aromatic rings. The summed E-state index contributed by atoms with van der Waals surface area (Å²) >= 11 is 0. The average molecular weight is 562 g/mol. The van der Waals surface area contributed by atoms with Crippen LogP contribution in [0.25, 0.3) is 17.0 Å². The lowest BCUT2D eigenvalue weighted by Gasteiger charge is -2.33. The Morgan fingerprint density at radius 1 is 1.02 bits per heavy atom. The normalized spacial score (nSPS) is 17.0. The Balaban J connectivity index is 1.47. The number of alkyl halides is 2. The monoisotopic (exact) mass is 561 g/mol. The number of anilines is 1. The molecule has 0 saturated carbocycles. The molecule has 0 bridgehead atoms. The Kier molecular flexibility index (Phi) is 7.88. The number of fused-ring (bicyclic) bond motifs is 1. The van der Waals surface area contributed by atoms with Crippen molar-refractivity contribution in [3.8, 4) is 17.7 Å². The summed E-state index contributed by atoms with van der Waals surface area (Å²) in [5.74, 6) is 0.0901. The van der Waals surface area contributed by atoms with Crippen molar-refractivity contribution in [3.63, 3.8) is 0 Å². The minimum absolute atomic E-state index is 0.00664. The van der Waals surface area contributed by atoms with Crippen LogP contribution in [-0.2, 0) is 9.47 Å². The number of aromatic nitrogens is 5. The molecule has 5 rings (SSSR count). The first kappa shape index (κ1) is 27.7. The zero-order valence-corrected chi connectivity index (χ0v) is 23.0. The van der Waals surface area contributed by atoms with E-state index in [0.29, 0.717) is 69.4 Å². The van der Waals surface area contributed by atoms with Gasteiger partial charge in [0.1, 0.15) is 23.0 Å². The average Bonchev–Trinajstić information content (AvgIpc) is 3.33. The number of hydrogen-bond donors (Lipinski definition) is 0. The summed E-state index contributed by atoms with van der Waals surface area (Å²) in [5, 5.41) is 0. The van der Waals surface area contributed by atoms with E-state index in [2.05, 4.69) is 19.9 Å². The highest BCUT2D eigenvalue weighted by Crippen LogP contribution is 2.32. The van der Waals surface area contributed by atoms with Gasteiger partial charge in [0.15, 0.2) is 5.82 Å². The molecule has 216 valence electrons. The molecule has 2 aliphatic rings. The summed E-state index contributed by atoms with van der Waals surface area (Å²) in [4.78, 5) is 33.7. The van der Waals surface area contributed by atoms with E-state index in [0.717, 1.165) is 0 Å². The number of nitrogens with zero attached hydrogens (tertiary/aromatic N) is 7. The van der Waals surface area contributed by atoms with Crippen LogP contribution in [0.2, 0.25) is 0 Å². The fourth-order valence-corrected chi connectivity index (χ4v) is 4.64. The third-order valence-corrected chi connectivity index (χ3v) is 6.54. The van der Waals surface area contributed by atoms with E-state index in [1.54, 1.807) is 23.1 Å². The molecule has 0 radical (unpaired) electrons. The third-order valence-electron chi connectivity index (χ3n) is 6.54. The van der Waals surface area contributed by atoms with Gasteiger partial charge in [-0.3, -0.25) is 4.57 Å². The second-order valence-electron chi connectivity index (χ2n) is 10.5. The summed E-state index contributed by atoms with van der Waals surface area (Å²) in [5.41, 5.74) is 0.0521. The quantitative estimate of drug-likeness (QED) is 0.440. The Bertz CT molecular complexity index is 1350. The van der Waals surface area contributed by atoms with Crippen LogP contribution < -0.4 is 14.4 Å². The van der Waals surface area contributed by atoms with Crippen molar-refractivity contribution < 1.29 is 32.5 Å². The smallest absolute Gasteiger partial charge is 0.410 e. The van der Waals surface area contributed by atoms with Gasteiger partial charge in [0.25, 0.3) is 6.43 Å². The molecule has 2 saturated heterocycles. The highest BCUT2D eigenvalue weighted by molar-refractivity contribution is 5.84. The molecule has 1 amide bonds. The first-order valence-electron chi connectivity index (χ1n) is 13.2. The number of hydrogen-bond acceptors (Lipinski definition) is 10. The maximum Gasteiger partial charge on any atom is 0.410 e. The topological polar surface area (TPSA) is 117 Å². The van der Waals surface area contributed by atoms with Crippen molar-refractivity contribution in [2.45, 2.75) is 51.7 Å². The largest absolute Gasteiger partial charge is 0.494 e. The van der Waals surface area contributed by atoms with Crippen molar-refractivity contribution in [2.24, 2.45) is 0 Å². The molecule has 2 fully saturated rings. The predicted octanol–water partition coefficient (Wildman–Crippen LogP) is 3.77. The van der Waals surface area contributed by atoms with Crippen molar-refractivity contribution in [1.82, 2.24) is 29.4 Å². The van der Waals surface area contributed by atoms with Gasteiger partial charge in [0.05, 0.1) is 25.8 Å². The molecule has 0 atom stereocenters. The Labute approximate surface area is 230 Å². The zero-order valence-electron chi connectivity index (χ0n) is 23.0.